The summed E-state index contributed by atoms with van der Waals surface area (Å²) in [7, 11) is 0. The second kappa shape index (κ2) is 3.21. The third-order valence-corrected chi connectivity index (χ3v) is 1.95. The predicted octanol–water partition coefficient (Wildman–Crippen LogP) is 1.69. The van der Waals surface area contributed by atoms with Crippen molar-refractivity contribution in [1.82, 2.24) is 9.89 Å². The SMILES string of the molecule is CC(C)Nn1ncc2cccc(O)c21. The number of aromatic hydroxyl groups is 1. The highest BCUT2D eigenvalue weighted by Crippen LogP contribution is 2.22. The molecule has 74 valence electrons. The summed E-state index contributed by atoms with van der Waals surface area (Å²) < 4.78 is 0. The minimum atomic E-state index is 0.244. The fourth-order valence-electron chi connectivity index (χ4n) is 1.40. The van der Waals surface area contributed by atoms with E-state index in [4.69, 9.17) is 0 Å². The van der Waals surface area contributed by atoms with Gasteiger partial charge in [0.1, 0.15) is 11.3 Å². The molecule has 0 aliphatic rings. The molecule has 2 rings (SSSR count). The molecule has 0 fully saturated rings. The van der Waals surface area contributed by atoms with Crippen LogP contribution in [0.25, 0.3) is 10.9 Å². The van der Waals surface area contributed by atoms with Crippen LogP contribution in [0, 0.1) is 0 Å². The molecule has 2 aromatic rings. The summed E-state index contributed by atoms with van der Waals surface area (Å²) in [5, 5.41) is 14.7. The number of nitrogens with zero attached hydrogens (tertiary/aromatic N) is 2. The normalized spacial score (nSPS) is 11.1. The van der Waals surface area contributed by atoms with Crippen LogP contribution in [0.3, 0.4) is 0 Å². The maximum atomic E-state index is 9.65. The first kappa shape index (κ1) is 8.87. The van der Waals surface area contributed by atoms with E-state index >= 15 is 0 Å². The third kappa shape index (κ3) is 1.39. The lowest BCUT2D eigenvalue weighted by Gasteiger charge is -2.10. The summed E-state index contributed by atoms with van der Waals surface area (Å²) in [5.41, 5.74) is 3.84. The molecule has 2 N–H and O–H groups in total. The summed E-state index contributed by atoms with van der Waals surface area (Å²) in [6.07, 6.45) is 1.73. The fourth-order valence-corrected chi connectivity index (χ4v) is 1.40. The van der Waals surface area contributed by atoms with Gasteiger partial charge < -0.3 is 10.5 Å². The first-order chi connectivity index (χ1) is 6.68. The molecule has 0 radical (unpaired) electrons. The zero-order chi connectivity index (χ0) is 10.1. The van der Waals surface area contributed by atoms with Crippen molar-refractivity contribution in [3.63, 3.8) is 0 Å². The number of fused-ring (bicyclic) bond motifs is 1. The molecule has 14 heavy (non-hydrogen) atoms. The number of para-hydroxylation sites is 1. The second-order valence-electron chi connectivity index (χ2n) is 3.56. The van der Waals surface area contributed by atoms with E-state index in [0.29, 0.717) is 0 Å². The van der Waals surface area contributed by atoms with Crippen molar-refractivity contribution in [3.8, 4) is 5.75 Å². The Bertz CT molecular complexity index is 448. The maximum absolute atomic E-state index is 9.65. The van der Waals surface area contributed by atoms with Gasteiger partial charge >= 0.3 is 0 Å². The topological polar surface area (TPSA) is 50.1 Å². The number of benzene rings is 1. The highest BCUT2D eigenvalue weighted by atomic mass is 16.3. The lowest BCUT2D eigenvalue weighted by atomic mass is 10.2. The van der Waals surface area contributed by atoms with Gasteiger partial charge in [0.25, 0.3) is 0 Å². The standard InChI is InChI=1S/C10H13N3O/c1-7(2)12-13-10-8(6-11-13)4-3-5-9(10)14/h3-7,12,14H,1-2H3. The molecule has 0 unspecified atom stereocenters. The first-order valence-electron chi connectivity index (χ1n) is 4.61. The number of phenolic OH excluding ortho intramolecular Hbond substituents is 1. The van der Waals surface area contributed by atoms with Crippen LogP contribution in [0.1, 0.15) is 13.8 Å². The van der Waals surface area contributed by atoms with E-state index in [1.165, 1.54) is 0 Å². The molecule has 1 heterocycles. The lowest BCUT2D eigenvalue weighted by Crippen LogP contribution is -2.22. The number of aromatic nitrogens is 2. The van der Waals surface area contributed by atoms with E-state index in [1.807, 2.05) is 19.9 Å². The molecule has 0 saturated carbocycles. The summed E-state index contributed by atoms with van der Waals surface area (Å²) in [5.74, 6) is 0.244. The smallest absolute Gasteiger partial charge is 0.143 e. The average molecular weight is 191 g/mol. The zero-order valence-corrected chi connectivity index (χ0v) is 8.23. The van der Waals surface area contributed by atoms with Gasteiger partial charge in [-0.25, -0.2) is 0 Å². The fraction of sp³-hybridized carbons (Fsp3) is 0.300. The van der Waals surface area contributed by atoms with E-state index in [1.54, 1.807) is 23.1 Å². The van der Waals surface area contributed by atoms with Crippen LogP contribution in [0.2, 0.25) is 0 Å². The Kier molecular flexibility index (Phi) is 2.04. The van der Waals surface area contributed by atoms with Gasteiger partial charge in [0, 0.05) is 11.4 Å². The van der Waals surface area contributed by atoms with Crippen LogP contribution in [0.15, 0.2) is 24.4 Å². The molecule has 0 atom stereocenters. The zero-order valence-electron chi connectivity index (χ0n) is 8.23. The largest absolute Gasteiger partial charge is 0.506 e. The van der Waals surface area contributed by atoms with Crippen molar-refractivity contribution in [2.75, 3.05) is 5.43 Å². The van der Waals surface area contributed by atoms with Crippen LogP contribution >= 0.6 is 0 Å². The summed E-state index contributed by atoms with van der Waals surface area (Å²) >= 11 is 0. The van der Waals surface area contributed by atoms with E-state index in [2.05, 4.69) is 10.5 Å². The van der Waals surface area contributed by atoms with Crippen molar-refractivity contribution in [2.45, 2.75) is 19.9 Å². The Morgan fingerprint density at radius 1 is 1.43 bits per heavy atom. The molecule has 0 spiro atoms. The molecule has 4 heteroatoms. The van der Waals surface area contributed by atoms with Crippen LogP contribution in [0.4, 0.5) is 0 Å². The van der Waals surface area contributed by atoms with Crippen molar-refractivity contribution in [2.24, 2.45) is 0 Å². The van der Waals surface area contributed by atoms with E-state index in [9.17, 15) is 5.11 Å². The molecule has 1 aromatic carbocycles. The van der Waals surface area contributed by atoms with Gasteiger partial charge in [-0.3, -0.25) is 0 Å². The third-order valence-electron chi connectivity index (χ3n) is 1.95. The van der Waals surface area contributed by atoms with Crippen LogP contribution in [-0.2, 0) is 0 Å². The first-order valence-corrected chi connectivity index (χ1v) is 4.61. The van der Waals surface area contributed by atoms with Crippen LogP contribution in [0.5, 0.6) is 5.75 Å². The highest BCUT2D eigenvalue weighted by Gasteiger charge is 2.06. The molecular weight excluding hydrogens is 178 g/mol. The predicted molar refractivity (Wildman–Crippen MR) is 55.9 cm³/mol. The van der Waals surface area contributed by atoms with Gasteiger partial charge in [-0.2, -0.15) is 9.89 Å². The minimum Gasteiger partial charge on any atom is -0.506 e. The highest BCUT2D eigenvalue weighted by molar-refractivity contribution is 5.84. The number of hydrogen-bond donors (Lipinski definition) is 2. The van der Waals surface area contributed by atoms with Crippen molar-refractivity contribution in [1.29, 1.82) is 0 Å². The van der Waals surface area contributed by atoms with Crippen molar-refractivity contribution >= 4 is 10.9 Å². The van der Waals surface area contributed by atoms with Gasteiger partial charge in [0.15, 0.2) is 0 Å². The minimum absolute atomic E-state index is 0.244. The lowest BCUT2D eigenvalue weighted by molar-refractivity contribution is 0.477. The quantitative estimate of drug-likeness (QED) is 0.759. The Labute approximate surface area is 82.1 Å². The summed E-state index contributed by atoms with van der Waals surface area (Å²) in [4.78, 5) is 1.61. The van der Waals surface area contributed by atoms with Gasteiger partial charge in [-0.05, 0) is 19.9 Å². The van der Waals surface area contributed by atoms with Gasteiger partial charge in [0.2, 0.25) is 0 Å². The number of nitrogens with one attached hydrogen (secondary N) is 1. The molecule has 1 aromatic heterocycles. The summed E-state index contributed by atoms with van der Waals surface area (Å²) in [6, 6.07) is 5.65. The Hall–Kier alpha value is -1.71. The Morgan fingerprint density at radius 2 is 2.21 bits per heavy atom. The average Bonchev–Trinajstić information content (AvgIpc) is 2.49. The van der Waals surface area contributed by atoms with E-state index in [0.717, 1.165) is 10.9 Å². The second-order valence-corrected chi connectivity index (χ2v) is 3.56. The van der Waals surface area contributed by atoms with Gasteiger partial charge in [-0.15, -0.1) is 0 Å². The van der Waals surface area contributed by atoms with Crippen LogP contribution in [-0.4, -0.2) is 21.0 Å². The maximum Gasteiger partial charge on any atom is 0.143 e. The van der Waals surface area contributed by atoms with Gasteiger partial charge in [-0.1, -0.05) is 12.1 Å². The van der Waals surface area contributed by atoms with Crippen LogP contribution < -0.4 is 5.43 Å². The molecule has 0 aliphatic carbocycles. The number of hydrogen-bond acceptors (Lipinski definition) is 3. The van der Waals surface area contributed by atoms with Crippen molar-refractivity contribution in [3.05, 3.63) is 24.4 Å². The number of phenols is 1. The molecule has 0 amide bonds. The molecular formula is C10H13N3O. The molecule has 0 saturated heterocycles. The number of rotatable bonds is 2. The molecule has 0 bridgehead atoms. The van der Waals surface area contributed by atoms with Gasteiger partial charge in [0.05, 0.1) is 6.20 Å². The summed E-state index contributed by atoms with van der Waals surface area (Å²) in [6.45, 7) is 4.04. The Morgan fingerprint density at radius 3 is 2.93 bits per heavy atom. The molecule has 0 aliphatic heterocycles. The Balaban J connectivity index is 2.55. The van der Waals surface area contributed by atoms with Crippen molar-refractivity contribution < 1.29 is 5.11 Å². The monoisotopic (exact) mass is 191 g/mol. The van der Waals surface area contributed by atoms with E-state index in [-0.39, 0.29) is 11.8 Å². The van der Waals surface area contributed by atoms with E-state index < -0.39 is 0 Å². The molecule has 4 nitrogen and oxygen atoms in total.